The number of morpholine rings is 1. The molecule has 1 fully saturated rings. The second kappa shape index (κ2) is 8.16. The number of fused-ring (bicyclic) bond motifs is 1. The Bertz CT molecular complexity index is 870. The number of anilines is 2. The van der Waals surface area contributed by atoms with Crippen molar-refractivity contribution in [3.63, 3.8) is 0 Å². The van der Waals surface area contributed by atoms with Gasteiger partial charge in [-0.25, -0.2) is 4.98 Å². The van der Waals surface area contributed by atoms with E-state index in [1.165, 1.54) is 4.88 Å². The zero-order chi connectivity index (χ0) is 17.8. The molecule has 0 atom stereocenters. The van der Waals surface area contributed by atoms with Crippen molar-refractivity contribution >= 4 is 49.6 Å². The summed E-state index contributed by atoms with van der Waals surface area (Å²) in [6.45, 7) is 3.27. The molecule has 0 aliphatic carbocycles. The number of amides is 1. The van der Waals surface area contributed by atoms with E-state index in [9.17, 15) is 4.79 Å². The molecule has 136 valence electrons. The smallest absolute Gasteiger partial charge is 0.224 e. The van der Waals surface area contributed by atoms with Gasteiger partial charge in [0.15, 0.2) is 5.13 Å². The van der Waals surface area contributed by atoms with Crippen LogP contribution >= 0.6 is 22.7 Å². The Labute approximate surface area is 160 Å². The maximum absolute atomic E-state index is 12.2. The molecule has 0 bridgehead atoms. The molecule has 1 saturated heterocycles. The van der Waals surface area contributed by atoms with Crippen LogP contribution in [-0.2, 0) is 16.0 Å². The number of thiazole rings is 1. The molecule has 1 N–H and O–H groups in total. The van der Waals surface area contributed by atoms with Crippen LogP contribution in [0.5, 0.6) is 0 Å². The first kappa shape index (κ1) is 17.5. The standard InChI is InChI=1S/C19H21N3O2S2/c23-18(5-1-3-15-4-2-12-25-15)20-14-6-7-16-17(13-14)26-19(21-16)22-8-10-24-11-9-22/h2,4,6-7,12-13H,1,3,5,8-11H2,(H,20,23). The van der Waals surface area contributed by atoms with Crippen molar-refractivity contribution < 1.29 is 9.53 Å². The van der Waals surface area contributed by atoms with Crippen LogP contribution in [0, 0.1) is 0 Å². The highest BCUT2D eigenvalue weighted by atomic mass is 32.1. The highest BCUT2D eigenvalue weighted by Gasteiger charge is 2.15. The van der Waals surface area contributed by atoms with Crippen molar-refractivity contribution in [1.29, 1.82) is 0 Å². The molecule has 3 aromatic rings. The minimum absolute atomic E-state index is 0.0684. The van der Waals surface area contributed by atoms with E-state index in [0.717, 1.165) is 60.2 Å². The molecule has 26 heavy (non-hydrogen) atoms. The molecule has 1 aliphatic rings. The van der Waals surface area contributed by atoms with Gasteiger partial charge in [0, 0.05) is 30.1 Å². The molecule has 7 heteroatoms. The summed E-state index contributed by atoms with van der Waals surface area (Å²) in [6.07, 6.45) is 2.37. The number of rotatable bonds is 6. The Kier molecular flexibility index (Phi) is 5.48. The van der Waals surface area contributed by atoms with Crippen molar-refractivity contribution in [2.45, 2.75) is 19.3 Å². The summed E-state index contributed by atoms with van der Waals surface area (Å²) in [5.74, 6) is 0.0684. The van der Waals surface area contributed by atoms with E-state index in [2.05, 4.69) is 27.7 Å². The first-order chi connectivity index (χ1) is 12.8. The molecule has 0 spiro atoms. The summed E-state index contributed by atoms with van der Waals surface area (Å²) in [5.41, 5.74) is 1.82. The van der Waals surface area contributed by atoms with Crippen molar-refractivity contribution in [2.75, 3.05) is 36.5 Å². The molecule has 3 heterocycles. The summed E-state index contributed by atoms with van der Waals surface area (Å²) >= 11 is 3.42. The molecule has 1 aliphatic heterocycles. The average molecular weight is 388 g/mol. The van der Waals surface area contributed by atoms with Gasteiger partial charge in [0.1, 0.15) is 0 Å². The van der Waals surface area contributed by atoms with Crippen LogP contribution < -0.4 is 10.2 Å². The van der Waals surface area contributed by atoms with Crippen molar-refractivity contribution in [1.82, 2.24) is 4.98 Å². The third kappa shape index (κ3) is 4.23. The van der Waals surface area contributed by atoms with Crippen molar-refractivity contribution in [3.05, 3.63) is 40.6 Å². The number of hydrogen-bond acceptors (Lipinski definition) is 6. The number of benzene rings is 1. The SMILES string of the molecule is O=C(CCCc1cccs1)Nc1ccc2nc(N3CCOCC3)sc2c1. The van der Waals surface area contributed by atoms with E-state index in [4.69, 9.17) is 9.72 Å². The van der Waals surface area contributed by atoms with Gasteiger partial charge in [-0.15, -0.1) is 11.3 Å². The lowest BCUT2D eigenvalue weighted by Crippen LogP contribution is -2.36. The minimum atomic E-state index is 0.0684. The molecular weight excluding hydrogens is 366 g/mol. The summed E-state index contributed by atoms with van der Waals surface area (Å²) in [6, 6.07) is 10.1. The van der Waals surface area contributed by atoms with Crippen LogP contribution in [0.2, 0.25) is 0 Å². The normalized spacial score (nSPS) is 14.7. The molecule has 0 unspecified atom stereocenters. The number of aryl methyl sites for hydroxylation is 1. The lowest BCUT2D eigenvalue weighted by molar-refractivity contribution is -0.116. The summed E-state index contributed by atoms with van der Waals surface area (Å²) < 4.78 is 6.50. The van der Waals surface area contributed by atoms with E-state index in [1.807, 2.05) is 18.2 Å². The van der Waals surface area contributed by atoms with Gasteiger partial charge in [-0.05, 0) is 42.5 Å². The van der Waals surface area contributed by atoms with Crippen LogP contribution in [0.15, 0.2) is 35.7 Å². The van der Waals surface area contributed by atoms with Crippen LogP contribution in [0.4, 0.5) is 10.8 Å². The molecular formula is C19H21N3O2S2. The van der Waals surface area contributed by atoms with Crippen LogP contribution in [-0.4, -0.2) is 37.2 Å². The quantitative estimate of drug-likeness (QED) is 0.690. The Morgan fingerprint density at radius 2 is 2.15 bits per heavy atom. The van der Waals surface area contributed by atoms with Crippen molar-refractivity contribution in [3.8, 4) is 0 Å². The first-order valence-corrected chi connectivity index (χ1v) is 10.5. The number of carbonyl (C=O) groups excluding carboxylic acids is 1. The fourth-order valence-corrected chi connectivity index (χ4v) is 4.79. The van der Waals surface area contributed by atoms with Crippen LogP contribution in [0.25, 0.3) is 10.2 Å². The van der Waals surface area contributed by atoms with Gasteiger partial charge in [-0.1, -0.05) is 17.4 Å². The Morgan fingerprint density at radius 1 is 1.27 bits per heavy atom. The monoisotopic (exact) mass is 387 g/mol. The Balaban J connectivity index is 1.36. The predicted octanol–water partition coefficient (Wildman–Crippen LogP) is 4.16. The molecule has 5 nitrogen and oxygen atoms in total. The fraction of sp³-hybridized carbons (Fsp3) is 0.368. The Hall–Kier alpha value is -1.96. The molecule has 0 saturated carbocycles. The van der Waals surface area contributed by atoms with Crippen LogP contribution in [0.1, 0.15) is 17.7 Å². The van der Waals surface area contributed by atoms with Crippen molar-refractivity contribution in [2.24, 2.45) is 0 Å². The summed E-state index contributed by atoms with van der Waals surface area (Å²) in [4.78, 5) is 20.5. The molecule has 0 radical (unpaired) electrons. The minimum Gasteiger partial charge on any atom is -0.378 e. The van der Waals surface area contributed by atoms with Gasteiger partial charge in [0.25, 0.3) is 0 Å². The highest BCUT2D eigenvalue weighted by Crippen LogP contribution is 2.31. The predicted molar refractivity (Wildman–Crippen MR) is 109 cm³/mol. The Morgan fingerprint density at radius 3 is 2.96 bits per heavy atom. The number of aromatic nitrogens is 1. The lowest BCUT2D eigenvalue weighted by atomic mass is 10.2. The lowest BCUT2D eigenvalue weighted by Gasteiger charge is -2.25. The average Bonchev–Trinajstić information content (AvgIpc) is 3.31. The van der Waals surface area contributed by atoms with Crippen LogP contribution in [0.3, 0.4) is 0 Å². The second-order valence-electron chi connectivity index (χ2n) is 6.26. The number of thiophene rings is 1. The molecule has 1 aromatic carbocycles. The van der Waals surface area contributed by atoms with Gasteiger partial charge in [0.05, 0.1) is 23.4 Å². The van der Waals surface area contributed by atoms with E-state index in [0.29, 0.717) is 6.42 Å². The third-order valence-electron chi connectivity index (χ3n) is 4.35. The van der Waals surface area contributed by atoms with Gasteiger partial charge >= 0.3 is 0 Å². The zero-order valence-electron chi connectivity index (χ0n) is 14.4. The maximum atomic E-state index is 12.2. The number of nitrogens with one attached hydrogen (secondary N) is 1. The number of carbonyl (C=O) groups is 1. The number of ether oxygens (including phenoxy) is 1. The fourth-order valence-electron chi connectivity index (χ4n) is 2.98. The zero-order valence-corrected chi connectivity index (χ0v) is 16.1. The first-order valence-electron chi connectivity index (χ1n) is 8.83. The molecule has 4 rings (SSSR count). The van der Waals surface area contributed by atoms with Gasteiger partial charge in [-0.3, -0.25) is 4.79 Å². The van der Waals surface area contributed by atoms with E-state index in [-0.39, 0.29) is 5.91 Å². The van der Waals surface area contributed by atoms with E-state index >= 15 is 0 Å². The number of nitrogens with zero attached hydrogens (tertiary/aromatic N) is 2. The van der Waals surface area contributed by atoms with E-state index < -0.39 is 0 Å². The van der Waals surface area contributed by atoms with Gasteiger partial charge < -0.3 is 15.0 Å². The van der Waals surface area contributed by atoms with Gasteiger partial charge in [0.2, 0.25) is 5.91 Å². The van der Waals surface area contributed by atoms with Gasteiger partial charge in [-0.2, -0.15) is 0 Å². The van der Waals surface area contributed by atoms with E-state index in [1.54, 1.807) is 22.7 Å². The molecule has 1 amide bonds. The summed E-state index contributed by atoms with van der Waals surface area (Å²) in [7, 11) is 0. The highest BCUT2D eigenvalue weighted by molar-refractivity contribution is 7.22. The molecule has 2 aromatic heterocycles. The second-order valence-corrected chi connectivity index (χ2v) is 8.30. The largest absolute Gasteiger partial charge is 0.378 e. The maximum Gasteiger partial charge on any atom is 0.224 e. The topological polar surface area (TPSA) is 54.5 Å². The third-order valence-corrected chi connectivity index (χ3v) is 6.36. The number of hydrogen-bond donors (Lipinski definition) is 1. The summed E-state index contributed by atoms with van der Waals surface area (Å²) in [5, 5.41) is 6.12.